The second-order valence-corrected chi connectivity index (χ2v) is 6.20. The number of carbonyl (C=O) groups excluding carboxylic acids is 2. The van der Waals surface area contributed by atoms with Crippen molar-refractivity contribution in [3.05, 3.63) is 83.4 Å². The number of aromatic hydroxyl groups is 1. The summed E-state index contributed by atoms with van der Waals surface area (Å²) in [6.07, 6.45) is 0. The van der Waals surface area contributed by atoms with Gasteiger partial charge >= 0.3 is 5.97 Å². The number of ether oxygens (including phenoxy) is 1. The van der Waals surface area contributed by atoms with Crippen molar-refractivity contribution < 1.29 is 19.4 Å². The molecular formula is C21H16ClNO4. The highest BCUT2D eigenvalue weighted by Crippen LogP contribution is 2.22. The SMILES string of the molecule is O=C(COC(=O)c1ccc(-c2ccc(O)cc2)cc1)Nc1cccc(Cl)c1. The predicted octanol–water partition coefficient (Wildman–Crippen LogP) is 4.51. The van der Waals surface area contributed by atoms with E-state index < -0.39 is 18.5 Å². The van der Waals surface area contributed by atoms with E-state index in [9.17, 15) is 14.7 Å². The van der Waals surface area contributed by atoms with Crippen molar-refractivity contribution in [3.8, 4) is 16.9 Å². The van der Waals surface area contributed by atoms with Gasteiger partial charge in [0.15, 0.2) is 6.61 Å². The number of esters is 1. The zero-order valence-electron chi connectivity index (χ0n) is 14.2. The predicted molar refractivity (Wildman–Crippen MR) is 104 cm³/mol. The van der Waals surface area contributed by atoms with E-state index in [1.807, 2.05) is 0 Å². The van der Waals surface area contributed by atoms with Crippen LogP contribution in [0.4, 0.5) is 5.69 Å². The van der Waals surface area contributed by atoms with Gasteiger partial charge in [-0.25, -0.2) is 4.79 Å². The van der Waals surface area contributed by atoms with Crippen LogP contribution < -0.4 is 5.32 Å². The molecule has 3 aromatic carbocycles. The fourth-order valence-corrected chi connectivity index (χ4v) is 2.62. The van der Waals surface area contributed by atoms with Gasteiger partial charge in [0.25, 0.3) is 5.91 Å². The van der Waals surface area contributed by atoms with E-state index in [1.165, 1.54) is 0 Å². The third-order valence-electron chi connectivity index (χ3n) is 3.76. The van der Waals surface area contributed by atoms with Crippen LogP contribution in [0.25, 0.3) is 11.1 Å². The molecule has 0 radical (unpaired) electrons. The Morgan fingerprint density at radius 2 is 1.56 bits per heavy atom. The minimum absolute atomic E-state index is 0.190. The van der Waals surface area contributed by atoms with Crippen LogP contribution >= 0.6 is 11.6 Å². The average molecular weight is 382 g/mol. The van der Waals surface area contributed by atoms with Crippen molar-refractivity contribution in [3.63, 3.8) is 0 Å². The molecule has 0 aliphatic carbocycles. The van der Waals surface area contributed by atoms with Crippen molar-refractivity contribution >= 4 is 29.2 Å². The zero-order valence-corrected chi connectivity index (χ0v) is 14.9. The van der Waals surface area contributed by atoms with E-state index in [0.717, 1.165) is 11.1 Å². The third kappa shape index (κ3) is 5.09. The van der Waals surface area contributed by atoms with Crippen molar-refractivity contribution in [1.82, 2.24) is 0 Å². The fraction of sp³-hybridized carbons (Fsp3) is 0.0476. The second-order valence-electron chi connectivity index (χ2n) is 5.76. The molecule has 0 spiro atoms. The Labute approximate surface area is 161 Å². The highest BCUT2D eigenvalue weighted by Gasteiger charge is 2.11. The van der Waals surface area contributed by atoms with Crippen LogP contribution in [0.15, 0.2) is 72.8 Å². The van der Waals surface area contributed by atoms with Gasteiger partial charge in [-0.05, 0) is 53.6 Å². The summed E-state index contributed by atoms with van der Waals surface area (Å²) in [5.41, 5.74) is 2.67. The molecule has 0 unspecified atom stereocenters. The van der Waals surface area contributed by atoms with E-state index in [4.69, 9.17) is 16.3 Å². The maximum Gasteiger partial charge on any atom is 0.338 e. The zero-order chi connectivity index (χ0) is 19.2. The lowest BCUT2D eigenvalue weighted by molar-refractivity contribution is -0.119. The van der Waals surface area contributed by atoms with E-state index in [-0.39, 0.29) is 5.75 Å². The number of benzene rings is 3. The molecule has 0 aliphatic rings. The molecule has 136 valence electrons. The average Bonchev–Trinajstić information content (AvgIpc) is 2.67. The Bertz CT molecular complexity index is 953. The van der Waals surface area contributed by atoms with Crippen LogP contribution in [0.2, 0.25) is 5.02 Å². The summed E-state index contributed by atoms with van der Waals surface area (Å²) >= 11 is 5.85. The number of nitrogens with one attached hydrogen (secondary N) is 1. The molecule has 6 heteroatoms. The molecule has 2 N–H and O–H groups in total. The molecule has 0 saturated carbocycles. The first kappa shape index (κ1) is 18.5. The van der Waals surface area contributed by atoms with Gasteiger partial charge in [0.05, 0.1) is 5.56 Å². The van der Waals surface area contributed by atoms with Crippen molar-refractivity contribution in [2.75, 3.05) is 11.9 Å². The van der Waals surface area contributed by atoms with Gasteiger partial charge in [-0.15, -0.1) is 0 Å². The summed E-state index contributed by atoms with van der Waals surface area (Å²) < 4.78 is 5.04. The fourth-order valence-electron chi connectivity index (χ4n) is 2.43. The number of hydrogen-bond acceptors (Lipinski definition) is 4. The standard InChI is InChI=1S/C21H16ClNO4/c22-17-2-1-3-18(12-17)23-20(25)13-27-21(26)16-6-4-14(5-7-16)15-8-10-19(24)11-9-15/h1-12,24H,13H2,(H,23,25). The molecule has 0 heterocycles. The lowest BCUT2D eigenvalue weighted by Gasteiger charge is -2.08. The number of halogens is 1. The molecule has 0 saturated heterocycles. The highest BCUT2D eigenvalue weighted by molar-refractivity contribution is 6.30. The van der Waals surface area contributed by atoms with Crippen LogP contribution in [0, 0.1) is 0 Å². The molecule has 0 bridgehead atoms. The summed E-state index contributed by atoms with van der Waals surface area (Å²) in [7, 11) is 0. The van der Waals surface area contributed by atoms with Gasteiger partial charge < -0.3 is 15.2 Å². The van der Waals surface area contributed by atoms with Gasteiger partial charge in [0.1, 0.15) is 5.75 Å². The van der Waals surface area contributed by atoms with Crippen LogP contribution in [0.1, 0.15) is 10.4 Å². The van der Waals surface area contributed by atoms with Gasteiger partial charge in [0.2, 0.25) is 0 Å². The van der Waals surface area contributed by atoms with E-state index in [2.05, 4.69) is 5.32 Å². The summed E-state index contributed by atoms with van der Waals surface area (Å²) in [4.78, 5) is 24.0. The number of carbonyl (C=O) groups is 2. The maximum atomic E-state index is 12.1. The van der Waals surface area contributed by atoms with Gasteiger partial charge in [-0.1, -0.05) is 41.9 Å². The van der Waals surface area contributed by atoms with Crippen LogP contribution in [-0.2, 0) is 9.53 Å². The van der Waals surface area contributed by atoms with Gasteiger partial charge in [0, 0.05) is 10.7 Å². The molecule has 27 heavy (non-hydrogen) atoms. The number of hydrogen-bond donors (Lipinski definition) is 2. The molecule has 1 amide bonds. The maximum absolute atomic E-state index is 12.1. The molecule has 5 nitrogen and oxygen atoms in total. The quantitative estimate of drug-likeness (QED) is 0.637. The van der Waals surface area contributed by atoms with E-state index in [0.29, 0.717) is 16.3 Å². The Morgan fingerprint density at radius 3 is 2.19 bits per heavy atom. The second kappa shape index (κ2) is 8.38. The van der Waals surface area contributed by atoms with Crippen LogP contribution in [0.5, 0.6) is 5.75 Å². The number of phenols is 1. The third-order valence-corrected chi connectivity index (χ3v) is 4.00. The van der Waals surface area contributed by atoms with Crippen LogP contribution in [-0.4, -0.2) is 23.6 Å². The molecule has 0 fully saturated rings. The first-order valence-electron chi connectivity index (χ1n) is 8.13. The lowest BCUT2D eigenvalue weighted by Crippen LogP contribution is -2.20. The molecule has 3 rings (SSSR count). The normalized spacial score (nSPS) is 10.3. The monoisotopic (exact) mass is 381 g/mol. The molecule has 0 aromatic heterocycles. The molecule has 3 aromatic rings. The Balaban J connectivity index is 1.56. The number of amides is 1. The summed E-state index contributed by atoms with van der Waals surface area (Å²) in [5.74, 6) is -0.852. The highest BCUT2D eigenvalue weighted by atomic mass is 35.5. The van der Waals surface area contributed by atoms with Gasteiger partial charge in [-0.3, -0.25) is 4.79 Å². The Kier molecular flexibility index (Phi) is 5.74. The largest absolute Gasteiger partial charge is 0.508 e. The first-order valence-corrected chi connectivity index (χ1v) is 8.51. The Morgan fingerprint density at radius 1 is 0.926 bits per heavy atom. The Hall–Kier alpha value is -3.31. The summed E-state index contributed by atoms with van der Waals surface area (Å²) in [6.45, 7) is -0.398. The van der Waals surface area contributed by atoms with Crippen molar-refractivity contribution in [1.29, 1.82) is 0 Å². The molecular weight excluding hydrogens is 366 g/mol. The first-order chi connectivity index (χ1) is 13.0. The summed E-state index contributed by atoms with van der Waals surface area (Å²) in [5, 5.41) is 12.4. The minimum Gasteiger partial charge on any atom is -0.508 e. The topological polar surface area (TPSA) is 75.6 Å². The van der Waals surface area contributed by atoms with E-state index >= 15 is 0 Å². The molecule has 0 atom stereocenters. The smallest absolute Gasteiger partial charge is 0.338 e. The number of anilines is 1. The number of phenolic OH excluding ortho intramolecular Hbond substituents is 1. The van der Waals surface area contributed by atoms with Crippen LogP contribution in [0.3, 0.4) is 0 Å². The van der Waals surface area contributed by atoms with E-state index in [1.54, 1.807) is 72.8 Å². The minimum atomic E-state index is -0.589. The van der Waals surface area contributed by atoms with Crippen molar-refractivity contribution in [2.24, 2.45) is 0 Å². The summed E-state index contributed by atoms with van der Waals surface area (Å²) in [6, 6.07) is 20.2. The molecule has 0 aliphatic heterocycles. The van der Waals surface area contributed by atoms with Crippen molar-refractivity contribution in [2.45, 2.75) is 0 Å². The number of rotatable bonds is 5. The van der Waals surface area contributed by atoms with Gasteiger partial charge in [-0.2, -0.15) is 0 Å². The lowest BCUT2D eigenvalue weighted by atomic mass is 10.0.